The van der Waals surface area contributed by atoms with Crippen LogP contribution in [-0.4, -0.2) is 26.5 Å². The highest BCUT2D eigenvalue weighted by atomic mass is 16.4. The third kappa shape index (κ3) is 2.81. The molecule has 1 saturated carbocycles. The van der Waals surface area contributed by atoms with Crippen LogP contribution >= 0.6 is 0 Å². The van der Waals surface area contributed by atoms with E-state index < -0.39 is 17.8 Å². The van der Waals surface area contributed by atoms with Gasteiger partial charge < -0.3 is 15.0 Å². The molecule has 2 bridgehead atoms. The van der Waals surface area contributed by atoms with Gasteiger partial charge in [0, 0.05) is 18.1 Å². The van der Waals surface area contributed by atoms with Crippen molar-refractivity contribution in [1.82, 2.24) is 14.9 Å². The van der Waals surface area contributed by atoms with Crippen LogP contribution in [0.2, 0.25) is 0 Å². The van der Waals surface area contributed by atoms with Crippen molar-refractivity contribution in [2.75, 3.05) is 0 Å². The molecule has 2 aliphatic carbocycles. The number of hydrogen-bond donors (Lipinski definition) is 2. The first-order valence-corrected chi connectivity index (χ1v) is 8.84. The summed E-state index contributed by atoms with van der Waals surface area (Å²) in [6.07, 6.45) is 10.0. The fraction of sp³-hybridized carbons (Fsp3) is 0.350. The molecule has 5 unspecified atom stereocenters. The fourth-order valence-electron chi connectivity index (χ4n) is 4.26. The van der Waals surface area contributed by atoms with Crippen LogP contribution in [0.5, 0.6) is 0 Å². The number of carbonyl (C=O) groups excluding carboxylic acids is 1. The first-order chi connectivity index (χ1) is 12.5. The second-order valence-electron chi connectivity index (χ2n) is 7.13. The predicted molar refractivity (Wildman–Crippen MR) is 95.5 cm³/mol. The quantitative estimate of drug-likeness (QED) is 0.811. The number of amides is 1. The molecule has 0 spiro atoms. The second-order valence-corrected chi connectivity index (χ2v) is 7.13. The number of aromatic nitrogens is 2. The monoisotopic (exact) mass is 351 g/mol. The van der Waals surface area contributed by atoms with Crippen LogP contribution in [-0.2, 0) is 9.59 Å². The molecule has 0 aliphatic heterocycles. The zero-order valence-corrected chi connectivity index (χ0v) is 14.4. The van der Waals surface area contributed by atoms with Gasteiger partial charge >= 0.3 is 5.97 Å². The summed E-state index contributed by atoms with van der Waals surface area (Å²) in [6, 6.07) is 7.70. The maximum Gasteiger partial charge on any atom is 0.307 e. The normalized spacial score (nSPS) is 27.4. The minimum absolute atomic E-state index is 0.0157. The molecule has 26 heavy (non-hydrogen) atoms. The highest BCUT2D eigenvalue weighted by molar-refractivity contribution is 5.87. The largest absolute Gasteiger partial charge is 0.481 e. The smallest absolute Gasteiger partial charge is 0.307 e. The molecule has 2 aliphatic rings. The van der Waals surface area contributed by atoms with E-state index >= 15 is 0 Å². The van der Waals surface area contributed by atoms with Crippen molar-refractivity contribution in [3.05, 3.63) is 60.7 Å². The molecule has 6 heteroatoms. The zero-order chi connectivity index (χ0) is 18.3. The van der Waals surface area contributed by atoms with E-state index in [1.165, 1.54) is 0 Å². The molecule has 0 radical (unpaired) electrons. The number of benzene rings is 1. The van der Waals surface area contributed by atoms with E-state index in [0.717, 1.165) is 17.7 Å². The van der Waals surface area contributed by atoms with E-state index in [4.69, 9.17) is 0 Å². The number of imidazole rings is 1. The molecule has 0 saturated heterocycles. The van der Waals surface area contributed by atoms with Crippen LogP contribution < -0.4 is 5.32 Å². The molecule has 2 N–H and O–H groups in total. The Morgan fingerprint density at radius 2 is 1.88 bits per heavy atom. The molecule has 1 heterocycles. The third-order valence-electron chi connectivity index (χ3n) is 5.60. The van der Waals surface area contributed by atoms with Gasteiger partial charge in [0.05, 0.1) is 24.2 Å². The molecule has 1 amide bonds. The number of nitrogens with one attached hydrogen (secondary N) is 1. The van der Waals surface area contributed by atoms with Crippen LogP contribution in [0.4, 0.5) is 0 Å². The lowest BCUT2D eigenvalue weighted by atomic mass is 9.82. The Labute approximate surface area is 151 Å². The average molecular weight is 351 g/mol. The highest BCUT2D eigenvalue weighted by Crippen LogP contribution is 2.48. The summed E-state index contributed by atoms with van der Waals surface area (Å²) in [7, 11) is 0. The predicted octanol–water partition coefficient (Wildman–Crippen LogP) is 2.57. The number of rotatable bonds is 5. The third-order valence-corrected chi connectivity index (χ3v) is 5.60. The van der Waals surface area contributed by atoms with Gasteiger partial charge in [-0.3, -0.25) is 9.59 Å². The van der Waals surface area contributed by atoms with Crippen LogP contribution in [0.3, 0.4) is 0 Å². The van der Waals surface area contributed by atoms with E-state index in [1.807, 2.05) is 54.1 Å². The van der Waals surface area contributed by atoms with Crippen molar-refractivity contribution in [3.63, 3.8) is 0 Å². The summed E-state index contributed by atoms with van der Waals surface area (Å²) >= 11 is 0. The molecule has 134 valence electrons. The molecule has 5 atom stereocenters. The summed E-state index contributed by atoms with van der Waals surface area (Å²) in [4.78, 5) is 28.4. The molecular formula is C20H21N3O3. The van der Waals surface area contributed by atoms with E-state index in [1.54, 1.807) is 12.5 Å². The lowest BCUT2D eigenvalue weighted by Crippen LogP contribution is -2.41. The Morgan fingerprint density at radius 1 is 1.19 bits per heavy atom. The maximum atomic E-state index is 12.8. The van der Waals surface area contributed by atoms with Gasteiger partial charge in [0.2, 0.25) is 5.91 Å². The molecule has 1 aromatic heterocycles. The van der Waals surface area contributed by atoms with Crippen molar-refractivity contribution >= 4 is 11.9 Å². The number of fused-ring (bicyclic) bond motifs is 2. The van der Waals surface area contributed by atoms with Gasteiger partial charge in [0.25, 0.3) is 0 Å². The summed E-state index contributed by atoms with van der Waals surface area (Å²) in [6.45, 7) is 1.92. The van der Waals surface area contributed by atoms with Gasteiger partial charge in [-0.05, 0) is 42.9 Å². The van der Waals surface area contributed by atoms with E-state index in [9.17, 15) is 14.7 Å². The number of hydrogen-bond acceptors (Lipinski definition) is 3. The van der Waals surface area contributed by atoms with E-state index in [-0.39, 0.29) is 23.8 Å². The van der Waals surface area contributed by atoms with Gasteiger partial charge in [-0.25, -0.2) is 4.98 Å². The van der Waals surface area contributed by atoms with Crippen LogP contribution in [0, 0.1) is 23.7 Å². The standard InChI is InChI=1S/C20H21N3O3/c1-12(13-4-6-16(7-5-13)23-9-8-21-11-23)22-19(24)17-14-2-3-15(10-14)18(17)20(25)26/h2-9,11-12,14-15,17-18H,10H2,1H3,(H,22,24)(H,25,26). The summed E-state index contributed by atoms with van der Waals surface area (Å²) in [5, 5.41) is 12.5. The van der Waals surface area contributed by atoms with Gasteiger partial charge in [0.1, 0.15) is 0 Å². The minimum atomic E-state index is -0.876. The van der Waals surface area contributed by atoms with Crippen LogP contribution in [0.15, 0.2) is 55.1 Å². The Balaban J connectivity index is 1.46. The molecular weight excluding hydrogens is 330 g/mol. The summed E-state index contributed by atoms with van der Waals surface area (Å²) in [5.74, 6) is -2.11. The van der Waals surface area contributed by atoms with E-state index in [0.29, 0.717) is 0 Å². The Kier molecular flexibility index (Phi) is 4.11. The summed E-state index contributed by atoms with van der Waals surface area (Å²) in [5.41, 5.74) is 1.97. The van der Waals surface area contributed by atoms with Crippen molar-refractivity contribution < 1.29 is 14.7 Å². The second kappa shape index (κ2) is 6.44. The molecule has 2 aromatic rings. The first-order valence-electron chi connectivity index (χ1n) is 8.84. The zero-order valence-electron chi connectivity index (χ0n) is 14.4. The molecule has 4 rings (SSSR count). The summed E-state index contributed by atoms with van der Waals surface area (Å²) < 4.78 is 1.91. The Morgan fingerprint density at radius 3 is 2.50 bits per heavy atom. The van der Waals surface area contributed by atoms with Crippen molar-refractivity contribution in [1.29, 1.82) is 0 Å². The fourth-order valence-corrected chi connectivity index (χ4v) is 4.26. The highest BCUT2D eigenvalue weighted by Gasteiger charge is 2.51. The number of nitrogens with zero attached hydrogens (tertiary/aromatic N) is 2. The van der Waals surface area contributed by atoms with E-state index in [2.05, 4.69) is 10.3 Å². The van der Waals surface area contributed by atoms with Gasteiger partial charge in [-0.1, -0.05) is 24.3 Å². The minimum Gasteiger partial charge on any atom is -0.481 e. The number of allylic oxidation sites excluding steroid dienone is 2. The van der Waals surface area contributed by atoms with Crippen molar-refractivity contribution in [2.45, 2.75) is 19.4 Å². The lowest BCUT2D eigenvalue weighted by Gasteiger charge is -2.26. The first kappa shape index (κ1) is 16.6. The SMILES string of the molecule is CC(NC(=O)C1C2C=CC(C2)C1C(=O)O)c1ccc(-n2ccnc2)cc1. The maximum absolute atomic E-state index is 12.8. The van der Waals surface area contributed by atoms with Gasteiger partial charge in [-0.2, -0.15) is 0 Å². The number of carbonyl (C=O) groups is 2. The van der Waals surface area contributed by atoms with Gasteiger partial charge in [0.15, 0.2) is 0 Å². The Hall–Kier alpha value is -2.89. The Bertz CT molecular complexity index is 842. The molecule has 1 fully saturated rings. The van der Waals surface area contributed by atoms with Crippen molar-refractivity contribution in [3.8, 4) is 5.69 Å². The number of carboxylic acid groups (broad SMARTS) is 1. The molecule has 6 nitrogen and oxygen atoms in total. The van der Waals surface area contributed by atoms with Crippen molar-refractivity contribution in [2.24, 2.45) is 23.7 Å². The average Bonchev–Trinajstić information content (AvgIpc) is 3.37. The topological polar surface area (TPSA) is 84.2 Å². The van der Waals surface area contributed by atoms with Crippen LogP contribution in [0.25, 0.3) is 5.69 Å². The van der Waals surface area contributed by atoms with Gasteiger partial charge in [-0.15, -0.1) is 0 Å². The lowest BCUT2D eigenvalue weighted by molar-refractivity contribution is -0.148. The molecule has 1 aromatic carbocycles. The number of aliphatic carboxylic acids is 1. The van der Waals surface area contributed by atoms with Crippen LogP contribution in [0.1, 0.15) is 24.9 Å². The number of carboxylic acids is 1.